The summed E-state index contributed by atoms with van der Waals surface area (Å²) in [5, 5.41) is 0.750. The zero-order valence-electron chi connectivity index (χ0n) is 13.6. The van der Waals surface area contributed by atoms with Crippen LogP contribution in [0.3, 0.4) is 0 Å². The summed E-state index contributed by atoms with van der Waals surface area (Å²) >= 11 is 6.49. The lowest BCUT2D eigenvalue weighted by Gasteiger charge is -2.38. The second-order valence-corrected chi connectivity index (χ2v) is 6.57. The lowest BCUT2D eigenvalue weighted by atomic mass is 10.1. The van der Waals surface area contributed by atoms with Crippen molar-refractivity contribution >= 4 is 23.2 Å². The summed E-state index contributed by atoms with van der Waals surface area (Å²) in [7, 11) is 0. The molecule has 2 aromatic rings. The van der Waals surface area contributed by atoms with Gasteiger partial charge in [-0.15, -0.1) is 0 Å². The van der Waals surface area contributed by atoms with Gasteiger partial charge in [-0.25, -0.2) is 0 Å². The lowest BCUT2D eigenvalue weighted by Crippen LogP contribution is -2.50. The number of nitrogens with zero attached hydrogens (tertiary/aromatic N) is 3. The van der Waals surface area contributed by atoms with Crippen LogP contribution in [0.1, 0.15) is 13.8 Å². The van der Waals surface area contributed by atoms with E-state index in [1.165, 1.54) is 0 Å². The highest BCUT2D eigenvalue weighted by Gasteiger charge is 2.25. The van der Waals surface area contributed by atoms with Crippen LogP contribution >= 0.6 is 11.6 Å². The second kappa shape index (κ2) is 6.67. The number of carbonyl (C=O) groups excluding carboxylic acids is 1. The third-order valence-electron chi connectivity index (χ3n) is 4.25. The number of hydrogen-bond donors (Lipinski definition) is 0. The van der Waals surface area contributed by atoms with Crippen molar-refractivity contribution < 1.29 is 4.79 Å². The smallest absolute Gasteiger partial charge is 0.225 e. The Bertz CT molecular complexity index is 674. The van der Waals surface area contributed by atoms with E-state index in [2.05, 4.69) is 15.5 Å². The van der Waals surface area contributed by atoms with Gasteiger partial charge in [0.05, 0.1) is 16.4 Å². The van der Waals surface area contributed by atoms with E-state index in [4.69, 9.17) is 11.6 Å². The molecular formula is C18H22ClN3O. The highest BCUT2D eigenvalue weighted by atomic mass is 35.5. The van der Waals surface area contributed by atoms with Crippen molar-refractivity contribution in [3.63, 3.8) is 0 Å². The fraction of sp³-hybridized carbons (Fsp3) is 0.389. The Morgan fingerprint density at radius 1 is 1.04 bits per heavy atom. The molecular weight excluding hydrogens is 310 g/mol. The van der Waals surface area contributed by atoms with Gasteiger partial charge in [0.1, 0.15) is 0 Å². The third kappa shape index (κ3) is 3.22. The van der Waals surface area contributed by atoms with E-state index < -0.39 is 0 Å². The summed E-state index contributed by atoms with van der Waals surface area (Å²) in [6, 6.07) is 9.98. The van der Waals surface area contributed by atoms with Crippen LogP contribution in [0.2, 0.25) is 5.02 Å². The molecule has 1 aliphatic rings. The van der Waals surface area contributed by atoms with Crippen molar-refractivity contribution in [1.29, 1.82) is 0 Å². The Morgan fingerprint density at radius 3 is 2.30 bits per heavy atom. The van der Waals surface area contributed by atoms with E-state index in [0.717, 1.165) is 42.6 Å². The van der Waals surface area contributed by atoms with Gasteiger partial charge in [-0.05, 0) is 24.3 Å². The van der Waals surface area contributed by atoms with Gasteiger partial charge in [0.15, 0.2) is 0 Å². The number of para-hydroxylation sites is 1. The summed E-state index contributed by atoms with van der Waals surface area (Å²) in [5.74, 6) is 0.284. The highest BCUT2D eigenvalue weighted by molar-refractivity contribution is 6.33. The van der Waals surface area contributed by atoms with E-state index >= 15 is 0 Å². The van der Waals surface area contributed by atoms with Crippen LogP contribution in [0.25, 0.3) is 5.69 Å². The van der Waals surface area contributed by atoms with Crippen LogP contribution < -0.4 is 4.90 Å². The Morgan fingerprint density at radius 2 is 1.70 bits per heavy atom. The minimum absolute atomic E-state index is 0.0531. The minimum atomic E-state index is 0.0531. The van der Waals surface area contributed by atoms with Gasteiger partial charge in [-0.1, -0.05) is 31.5 Å². The van der Waals surface area contributed by atoms with E-state index in [-0.39, 0.29) is 11.8 Å². The van der Waals surface area contributed by atoms with Crippen molar-refractivity contribution in [2.45, 2.75) is 13.8 Å². The first-order chi connectivity index (χ1) is 11.1. The Kier molecular flexibility index (Phi) is 4.62. The van der Waals surface area contributed by atoms with Gasteiger partial charge in [-0.3, -0.25) is 4.79 Å². The van der Waals surface area contributed by atoms with Gasteiger partial charge in [0.25, 0.3) is 0 Å². The van der Waals surface area contributed by atoms with Crippen LogP contribution in [0, 0.1) is 5.92 Å². The Balaban J connectivity index is 1.83. The maximum atomic E-state index is 12.1. The number of benzene rings is 1. The molecule has 1 amide bonds. The largest absolute Gasteiger partial charge is 0.365 e. The number of aromatic nitrogens is 1. The molecule has 1 saturated heterocycles. The number of anilines is 1. The van der Waals surface area contributed by atoms with Crippen LogP contribution in [0.5, 0.6) is 0 Å². The van der Waals surface area contributed by atoms with Crippen LogP contribution in [-0.2, 0) is 4.79 Å². The molecule has 2 heterocycles. The lowest BCUT2D eigenvalue weighted by molar-refractivity contribution is -0.134. The van der Waals surface area contributed by atoms with Gasteiger partial charge < -0.3 is 14.4 Å². The molecule has 0 N–H and O–H groups in total. The molecule has 23 heavy (non-hydrogen) atoms. The zero-order valence-corrected chi connectivity index (χ0v) is 14.3. The molecule has 1 aromatic heterocycles. The number of piperazine rings is 1. The minimum Gasteiger partial charge on any atom is -0.365 e. The SMILES string of the molecule is CC(C)C(=O)N1CCN(c2c(Cl)cccc2-n2cccc2)CC1. The van der Waals surface area contributed by atoms with Gasteiger partial charge in [0.2, 0.25) is 5.91 Å². The maximum absolute atomic E-state index is 12.1. The Hall–Kier alpha value is -1.94. The molecule has 0 bridgehead atoms. The molecule has 0 spiro atoms. The van der Waals surface area contributed by atoms with E-state index in [9.17, 15) is 4.79 Å². The molecule has 1 aliphatic heterocycles. The summed E-state index contributed by atoms with van der Waals surface area (Å²) in [5.41, 5.74) is 2.12. The van der Waals surface area contributed by atoms with Crippen LogP contribution in [0.15, 0.2) is 42.7 Å². The summed E-state index contributed by atoms with van der Waals surface area (Å²) in [6.45, 7) is 6.99. The van der Waals surface area contributed by atoms with Gasteiger partial charge >= 0.3 is 0 Å². The van der Waals surface area contributed by atoms with Crippen molar-refractivity contribution in [1.82, 2.24) is 9.47 Å². The monoisotopic (exact) mass is 331 g/mol. The van der Waals surface area contributed by atoms with Crippen LogP contribution in [-0.4, -0.2) is 41.6 Å². The second-order valence-electron chi connectivity index (χ2n) is 6.16. The van der Waals surface area contributed by atoms with Crippen molar-refractivity contribution in [2.75, 3.05) is 31.1 Å². The van der Waals surface area contributed by atoms with E-state index in [1.807, 2.05) is 55.4 Å². The predicted molar refractivity (Wildman–Crippen MR) is 94.4 cm³/mol. The zero-order chi connectivity index (χ0) is 16.4. The maximum Gasteiger partial charge on any atom is 0.225 e. The molecule has 0 atom stereocenters. The quantitative estimate of drug-likeness (QED) is 0.862. The first kappa shape index (κ1) is 15.9. The first-order valence-corrected chi connectivity index (χ1v) is 8.41. The van der Waals surface area contributed by atoms with Gasteiger partial charge in [0, 0.05) is 44.5 Å². The molecule has 0 aliphatic carbocycles. The fourth-order valence-electron chi connectivity index (χ4n) is 3.04. The molecule has 5 heteroatoms. The number of rotatable bonds is 3. The standard InChI is InChI=1S/C18H22ClN3O/c1-14(2)18(23)22-12-10-21(11-13-22)17-15(19)6-5-7-16(17)20-8-3-4-9-20/h3-9,14H,10-13H2,1-2H3. The summed E-state index contributed by atoms with van der Waals surface area (Å²) in [4.78, 5) is 16.4. The average molecular weight is 332 g/mol. The topological polar surface area (TPSA) is 28.5 Å². The number of carbonyl (C=O) groups is 1. The number of hydrogen-bond acceptors (Lipinski definition) is 2. The van der Waals surface area contributed by atoms with Gasteiger partial charge in [-0.2, -0.15) is 0 Å². The summed E-state index contributed by atoms with van der Waals surface area (Å²) < 4.78 is 2.08. The normalized spacial score (nSPS) is 15.3. The molecule has 0 saturated carbocycles. The fourth-order valence-corrected chi connectivity index (χ4v) is 3.33. The summed E-state index contributed by atoms with van der Waals surface area (Å²) in [6.07, 6.45) is 4.04. The number of amides is 1. The first-order valence-electron chi connectivity index (χ1n) is 8.03. The van der Waals surface area contributed by atoms with E-state index in [0.29, 0.717) is 0 Å². The molecule has 1 fully saturated rings. The highest BCUT2D eigenvalue weighted by Crippen LogP contribution is 2.33. The van der Waals surface area contributed by atoms with E-state index in [1.54, 1.807) is 0 Å². The van der Waals surface area contributed by atoms with Crippen molar-refractivity contribution in [3.8, 4) is 5.69 Å². The molecule has 1 aromatic carbocycles. The average Bonchev–Trinajstić information content (AvgIpc) is 3.08. The van der Waals surface area contributed by atoms with Crippen molar-refractivity contribution in [3.05, 3.63) is 47.7 Å². The van der Waals surface area contributed by atoms with Crippen LogP contribution in [0.4, 0.5) is 5.69 Å². The molecule has 122 valence electrons. The third-order valence-corrected chi connectivity index (χ3v) is 4.55. The molecule has 3 rings (SSSR count). The molecule has 0 unspecified atom stereocenters. The number of halogens is 1. The molecule has 4 nitrogen and oxygen atoms in total. The molecule has 0 radical (unpaired) electrons. The predicted octanol–water partition coefficient (Wildman–Crippen LogP) is 3.44. The Labute approximate surface area is 142 Å². The van der Waals surface area contributed by atoms with Crippen molar-refractivity contribution in [2.24, 2.45) is 5.92 Å².